The van der Waals surface area contributed by atoms with Crippen molar-refractivity contribution in [1.82, 2.24) is 9.55 Å². The van der Waals surface area contributed by atoms with Crippen molar-refractivity contribution in [3.05, 3.63) is 53.3 Å². The predicted octanol–water partition coefficient (Wildman–Crippen LogP) is 4.09. The monoisotopic (exact) mass is 416 g/mol. The highest BCUT2D eigenvalue weighted by atomic mass is 16.5. The zero-order valence-corrected chi connectivity index (χ0v) is 18.0. The Labute approximate surface area is 183 Å². The van der Waals surface area contributed by atoms with Gasteiger partial charge in [0.1, 0.15) is 23.7 Å². The Hall–Kier alpha value is -3.04. The van der Waals surface area contributed by atoms with Gasteiger partial charge in [-0.1, -0.05) is 6.07 Å². The van der Waals surface area contributed by atoms with Crippen LogP contribution in [0.25, 0.3) is 10.9 Å². The standard InChI is InChI=1S/C25H28N4O2/c1-30-15-14-28-13-10-21-23(28)6-3-7-24(21)31-20-8-11-29(12-9-20)25-19(17-26)16-18-4-2-5-22(18)27-25/h3,6-7,10,13,16,20H,2,4-5,8-9,11-12,14-15H2,1H3. The summed E-state index contributed by atoms with van der Waals surface area (Å²) in [5, 5.41) is 10.8. The van der Waals surface area contributed by atoms with E-state index in [4.69, 9.17) is 14.5 Å². The Balaban J connectivity index is 1.28. The van der Waals surface area contributed by atoms with Crippen LogP contribution in [0, 0.1) is 11.3 Å². The second-order valence-corrected chi connectivity index (χ2v) is 8.43. The lowest BCUT2D eigenvalue weighted by Gasteiger charge is -2.33. The number of hydrogen-bond donors (Lipinski definition) is 0. The van der Waals surface area contributed by atoms with Crippen molar-refractivity contribution in [1.29, 1.82) is 5.26 Å². The highest BCUT2D eigenvalue weighted by Crippen LogP contribution is 2.32. The third-order valence-electron chi connectivity index (χ3n) is 6.50. The lowest BCUT2D eigenvalue weighted by Crippen LogP contribution is -2.39. The van der Waals surface area contributed by atoms with E-state index in [9.17, 15) is 5.26 Å². The second kappa shape index (κ2) is 8.60. The maximum absolute atomic E-state index is 9.63. The number of benzene rings is 1. The van der Waals surface area contributed by atoms with Crippen LogP contribution in [0.4, 0.5) is 5.82 Å². The molecule has 2 aliphatic rings. The SMILES string of the molecule is COCCn1ccc2c(OC3CCN(c4nc5c(cc4C#N)CCC5)CC3)cccc21. The van der Waals surface area contributed by atoms with Crippen molar-refractivity contribution in [2.75, 3.05) is 31.7 Å². The molecule has 160 valence electrons. The first-order valence-electron chi connectivity index (χ1n) is 11.2. The van der Waals surface area contributed by atoms with Gasteiger partial charge in [-0.2, -0.15) is 5.26 Å². The molecule has 1 aromatic carbocycles. The summed E-state index contributed by atoms with van der Waals surface area (Å²) in [6.45, 7) is 3.23. The summed E-state index contributed by atoms with van der Waals surface area (Å²) in [5.41, 5.74) is 4.32. The lowest BCUT2D eigenvalue weighted by atomic mass is 10.1. The highest BCUT2D eigenvalue weighted by molar-refractivity contribution is 5.86. The number of pyridine rings is 1. The molecule has 3 heterocycles. The highest BCUT2D eigenvalue weighted by Gasteiger charge is 2.26. The van der Waals surface area contributed by atoms with Crippen molar-refractivity contribution >= 4 is 16.7 Å². The van der Waals surface area contributed by atoms with Crippen LogP contribution in [0.1, 0.15) is 36.1 Å². The third kappa shape index (κ3) is 3.86. The van der Waals surface area contributed by atoms with Gasteiger partial charge in [-0.3, -0.25) is 0 Å². The molecule has 1 saturated heterocycles. The van der Waals surface area contributed by atoms with Gasteiger partial charge >= 0.3 is 0 Å². The number of hydrogen-bond acceptors (Lipinski definition) is 5. The van der Waals surface area contributed by atoms with Crippen molar-refractivity contribution < 1.29 is 9.47 Å². The number of methoxy groups -OCH3 is 1. The Morgan fingerprint density at radius 2 is 2.06 bits per heavy atom. The fraction of sp³-hybridized carbons (Fsp3) is 0.440. The summed E-state index contributed by atoms with van der Waals surface area (Å²) in [5.74, 6) is 1.81. The Morgan fingerprint density at radius 1 is 1.19 bits per heavy atom. The molecule has 2 aromatic heterocycles. The molecule has 0 saturated carbocycles. The van der Waals surface area contributed by atoms with Gasteiger partial charge < -0.3 is 18.9 Å². The second-order valence-electron chi connectivity index (χ2n) is 8.43. The fourth-order valence-electron chi connectivity index (χ4n) is 4.83. The predicted molar refractivity (Wildman–Crippen MR) is 121 cm³/mol. The first kappa shape index (κ1) is 19.9. The molecule has 0 N–H and O–H groups in total. The number of rotatable bonds is 6. The maximum atomic E-state index is 9.63. The summed E-state index contributed by atoms with van der Waals surface area (Å²) in [7, 11) is 1.73. The minimum absolute atomic E-state index is 0.170. The van der Waals surface area contributed by atoms with E-state index in [2.05, 4.69) is 52.1 Å². The van der Waals surface area contributed by atoms with Gasteiger partial charge in [0.05, 0.1) is 17.7 Å². The van der Waals surface area contributed by atoms with Crippen molar-refractivity contribution in [2.24, 2.45) is 0 Å². The summed E-state index contributed by atoms with van der Waals surface area (Å²) >= 11 is 0. The minimum Gasteiger partial charge on any atom is -0.490 e. The summed E-state index contributed by atoms with van der Waals surface area (Å²) in [4.78, 5) is 7.14. The fourth-order valence-corrected chi connectivity index (χ4v) is 4.83. The number of aryl methyl sites for hydroxylation is 2. The van der Waals surface area contributed by atoms with Gasteiger partial charge in [0.2, 0.25) is 0 Å². The summed E-state index contributed by atoms with van der Waals surface area (Å²) < 4.78 is 13.9. The molecule has 1 aliphatic carbocycles. The molecule has 5 rings (SSSR count). The Bertz CT molecular complexity index is 1120. The Morgan fingerprint density at radius 3 is 2.87 bits per heavy atom. The molecule has 6 heteroatoms. The van der Waals surface area contributed by atoms with Crippen LogP contribution in [0.3, 0.4) is 0 Å². The molecule has 0 spiro atoms. The van der Waals surface area contributed by atoms with Crippen LogP contribution in [-0.4, -0.2) is 42.5 Å². The van der Waals surface area contributed by atoms with Gasteiger partial charge in [0.15, 0.2) is 0 Å². The smallest absolute Gasteiger partial charge is 0.146 e. The van der Waals surface area contributed by atoms with Crippen LogP contribution in [0.5, 0.6) is 5.75 Å². The van der Waals surface area contributed by atoms with Crippen molar-refractivity contribution in [2.45, 2.75) is 44.8 Å². The number of nitriles is 1. The average molecular weight is 417 g/mol. The van der Waals surface area contributed by atoms with E-state index in [1.165, 1.54) is 16.8 Å². The third-order valence-corrected chi connectivity index (χ3v) is 6.50. The van der Waals surface area contributed by atoms with E-state index >= 15 is 0 Å². The normalized spacial score (nSPS) is 16.5. The number of piperidine rings is 1. The quantitative estimate of drug-likeness (QED) is 0.606. The number of nitrogens with zero attached hydrogens (tertiary/aromatic N) is 4. The van der Waals surface area contributed by atoms with Gasteiger partial charge in [0.25, 0.3) is 0 Å². The van der Waals surface area contributed by atoms with Gasteiger partial charge in [-0.25, -0.2) is 4.98 Å². The topological polar surface area (TPSA) is 63.3 Å². The van der Waals surface area contributed by atoms with E-state index in [1.807, 2.05) is 0 Å². The van der Waals surface area contributed by atoms with Gasteiger partial charge in [-0.05, 0) is 49.1 Å². The van der Waals surface area contributed by atoms with Crippen LogP contribution < -0.4 is 9.64 Å². The molecule has 0 bridgehead atoms. The first-order valence-corrected chi connectivity index (χ1v) is 11.2. The summed E-state index contributed by atoms with van der Waals surface area (Å²) in [6, 6.07) is 12.8. The van der Waals surface area contributed by atoms with Gasteiger partial charge in [-0.15, -0.1) is 0 Å². The molecule has 31 heavy (non-hydrogen) atoms. The molecule has 0 amide bonds. The van der Waals surface area contributed by atoms with Crippen LogP contribution in [-0.2, 0) is 24.1 Å². The van der Waals surface area contributed by atoms with Crippen LogP contribution >= 0.6 is 0 Å². The van der Waals surface area contributed by atoms with Crippen LogP contribution in [0.15, 0.2) is 36.5 Å². The van der Waals surface area contributed by atoms with Crippen molar-refractivity contribution in [3.8, 4) is 11.8 Å². The molecule has 0 radical (unpaired) electrons. The Kier molecular flexibility index (Phi) is 5.52. The van der Waals surface area contributed by atoms with E-state index in [0.717, 1.165) is 68.7 Å². The molecular formula is C25H28N4O2. The molecule has 3 aromatic rings. The van der Waals surface area contributed by atoms with E-state index in [0.29, 0.717) is 12.2 Å². The van der Waals surface area contributed by atoms with E-state index < -0.39 is 0 Å². The zero-order chi connectivity index (χ0) is 21.2. The minimum atomic E-state index is 0.170. The lowest BCUT2D eigenvalue weighted by molar-refractivity contribution is 0.173. The average Bonchev–Trinajstić information content (AvgIpc) is 3.44. The van der Waals surface area contributed by atoms with Gasteiger partial charge in [0, 0.05) is 56.9 Å². The molecular weight excluding hydrogens is 388 g/mol. The number of ether oxygens (including phenoxy) is 2. The number of fused-ring (bicyclic) bond motifs is 2. The summed E-state index contributed by atoms with van der Waals surface area (Å²) in [6.07, 6.45) is 7.33. The van der Waals surface area contributed by atoms with Crippen LogP contribution in [0.2, 0.25) is 0 Å². The molecule has 0 atom stereocenters. The van der Waals surface area contributed by atoms with Crippen molar-refractivity contribution in [3.63, 3.8) is 0 Å². The molecule has 1 aliphatic heterocycles. The molecule has 6 nitrogen and oxygen atoms in total. The molecule has 1 fully saturated rings. The van der Waals surface area contributed by atoms with E-state index in [1.54, 1.807) is 7.11 Å². The number of anilines is 1. The zero-order valence-electron chi connectivity index (χ0n) is 18.0. The largest absolute Gasteiger partial charge is 0.490 e. The number of aromatic nitrogens is 2. The van der Waals surface area contributed by atoms with E-state index in [-0.39, 0.29) is 6.10 Å². The first-order chi connectivity index (χ1) is 15.3. The molecule has 0 unspecified atom stereocenters. The maximum Gasteiger partial charge on any atom is 0.146 e.